The van der Waals surface area contributed by atoms with Gasteiger partial charge < -0.3 is 114 Å². The molecule has 20 N–H and O–H groups in total. The molecule has 7 amide bonds. The van der Waals surface area contributed by atoms with Crippen molar-refractivity contribution >= 4 is 70.5 Å². The van der Waals surface area contributed by atoms with E-state index in [4.69, 9.17) is 53.6 Å². The van der Waals surface area contributed by atoms with E-state index in [0.29, 0.717) is 0 Å². The van der Waals surface area contributed by atoms with Crippen molar-refractivity contribution in [3.05, 3.63) is 117 Å². The second-order valence-corrected chi connectivity index (χ2v) is 23.0. The number of aliphatic hydroxyl groups is 5. The topological polar surface area (TPSA) is 492 Å². The van der Waals surface area contributed by atoms with Crippen molar-refractivity contribution in [2.24, 2.45) is 17.4 Å². The first-order valence-corrected chi connectivity index (χ1v) is 28.8. The average molecular weight is 1310 g/mol. The standard InChI is InChI=1S/C59H63Cl2N9O21/c1-20(2)10-30(64-3)52(80)69-44-46(75)22-5-8-34(28(60)12-22)88-36-14-24-15-37(51(36)91-59-50(79)49(78)48(77)38(19-62)90-59)89-35-9-6-23(13-29(35)61)47(76)45-57(85)68-43(58(86)87)27-16-25(71)17-33(73)40(27)26-11-21(4-7-32(26)72)41(54(82)70-45)67-55(83)42(24)66-53(81)31(18-39(63)74)65-56(44)84/h4-9,11-17,20,30-31,38,41-50,59,64,71-73,75-79H,10,18-19,62H2,1-3H3,(H2,63,74)(H,65,84)(H,66,81)(H,67,83)(H,68,85)(H,69,80)(H,70,82)(H,86,87)/t30-,31+,38-,41-,42-,43+,44-,45+,46-,47-,48-,49+,50-,59+/m1/s1. The highest BCUT2D eigenvalue weighted by Crippen LogP contribution is 2.49. The van der Waals surface area contributed by atoms with Crippen LogP contribution in [0.25, 0.3) is 11.1 Å². The number of aliphatic carboxylic acids is 1. The lowest BCUT2D eigenvalue weighted by molar-refractivity contribution is -0.270. The maximum Gasteiger partial charge on any atom is 0.330 e. The van der Waals surface area contributed by atoms with Crippen molar-refractivity contribution in [3.8, 4) is 57.1 Å². The third kappa shape index (κ3) is 14.0. The van der Waals surface area contributed by atoms with Gasteiger partial charge in [0.2, 0.25) is 53.4 Å². The lowest BCUT2D eigenvalue weighted by Gasteiger charge is -2.40. The van der Waals surface area contributed by atoms with E-state index in [1.54, 1.807) is 0 Å². The van der Waals surface area contributed by atoms with E-state index in [2.05, 4.69) is 37.2 Å². The molecule has 5 aromatic rings. The molecular weight excluding hydrogens is 1240 g/mol. The summed E-state index contributed by atoms with van der Waals surface area (Å²) < 4.78 is 25.1. The molecule has 0 radical (unpaired) electrons. The Bertz CT molecular complexity index is 3730. The molecule has 1 saturated heterocycles. The van der Waals surface area contributed by atoms with E-state index >= 15 is 14.4 Å². The fourth-order valence-corrected chi connectivity index (χ4v) is 11.2. The van der Waals surface area contributed by atoms with E-state index < -0.39 is 207 Å². The first-order chi connectivity index (χ1) is 43.1. The van der Waals surface area contributed by atoms with Gasteiger partial charge >= 0.3 is 5.97 Å². The number of halogens is 2. The molecule has 32 heteroatoms. The Hall–Kier alpha value is -9.08. The van der Waals surface area contributed by atoms with E-state index in [1.807, 2.05) is 13.8 Å². The van der Waals surface area contributed by atoms with Gasteiger partial charge in [-0.25, -0.2) is 4.79 Å². The van der Waals surface area contributed by atoms with Crippen molar-refractivity contribution in [2.75, 3.05) is 13.6 Å². The number of likely N-dealkylation sites (N-methyl/N-ethyl adjacent to an activating group) is 1. The van der Waals surface area contributed by atoms with Gasteiger partial charge in [0, 0.05) is 29.3 Å². The van der Waals surface area contributed by atoms with Gasteiger partial charge in [-0.3, -0.25) is 33.6 Å². The first-order valence-electron chi connectivity index (χ1n) is 28.0. The fourth-order valence-electron chi connectivity index (χ4n) is 10.8. The van der Waals surface area contributed by atoms with Gasteiger partial charge in [-0.05, 0) is 96.2 Å². The summed E-state index contributed by atoms with van der Waals surface area (Å²) in [5.74, 6) is -15.6. The highest BCUT2D eigenvalue weighted by molar-refractivity contribution is 6.32. The number of hydrogen-bond donors (Lipinski definition) is 18. The SMILES string of the molecule is CN[C@H](CC(C)C)C(=O)N[C@H]1C(=O)N[C@@H](CC(N)=O)C(=O)N[C@H]2C(=O)N[C@H]3C(=O)N[C@H](C(=O)N[C@H](C(=O)O)c4cc(O)cc(O)c4-c4cc3ccc4O)[C@H](O)c3ccc(c(Cl)c3)Oc3cc2cc(c3O[C@@H]2O[C@H](CN)[C@@H](O)[C@H](O)[C@H]2O)Oc2ccc(cc2Cl)[C@H]1O. The second kappa shape index (κ2) is 27.2. The van der Waals surface area contributed by atoms with E-state index in [1.165, 1.54) is 19.2 Å². The summed E-state index contributed by atoms with van der Waals surface area (Å²) in [6.07, 6.45) is -14.3. The van der Waals surface area contributed by atoms with Crippen molar-refractivity contribution in [2.45, 2.75) is 112 Å². The molecule has 11 bridgehead atoms. The zero-order chi connectivity index (χ0) is 66.2. The molecule has 0 spiro atoms. The number of aliphatic hydroxyl groups excluding tert-OH is 5. The van der Waals surface area contributed by atoms with Crippen LogP contribution >= 0.6 is 23.2 Å². The molecule has 0 saturated carbocycles. The number of nitrogens with one attached hydrogen (secondary N) is 7. The number of carbonyl (C=O) groups excluding carboxylic acids is 7. The molecule has 6 aliphatic heterocycles. The van der Waals surface area contributed by atoms with Crippen LogP contribution in [-0.4, -0.2) is 162 Å². The van der Waals surface area contributed by atoms with E-state index in [0.717, 1.165) is 66.7 Å². The summed E-state index contributed by atoms with van der Waals surface area (Å²) in [6, 6.07) is -0.375. The predicted molar refractivity (Wildman–Crippen MR) is 315 cm³/mol. The van der Waals surface area contributed by atoms with Crippen molar-refractivity contribution in [3.63, 3.8) is 0 Å². The Morgan fingerprint density at radius 2 is 1.25 bits per heavy atom. The summed E-state index contributed by atoms with van der Waals surface area (Å²) in [5, 5.41) is 118. The zero-order valence-electron chi connectivity index (χ0n) is 48.1. The fraction of sp³-hybridized carbons (Fsp3) is 0.356. The van der Waals surface area contributed by atoms with Gasteiger partial charge in [-0.2, -0.15) is 0 Å². The molecule has 0 unspecified atom stereocenters. The number of carboxylic acid groups (broad SMARTS) is 1. The minimum absolute atomic E-state index is 0.0775. The number of carboxylic acids is 1. The summed E-state index contributed by atoms with van der Waals surface area (Å²) in [5.41, 5.74) is 8.87. The van der Waals surface area contributed by atoms with Crippen LogP contribution in [0, 0.1) is 5.92 Å². The number of rotatable bonds is 11. The third-order valence-corrected chi connectivity index (χ3v) is 16.0. The van der Waals surface area contributed by atoms with Gasteiger partial charge in [0.1, 0.15) is 95.6 Å². The van der Waals surface area contributed by atoms with Crippen LogP contribution in [0.3, 0.4) is 0 Å². The number of ether oxygens (including phenoxy) is 4. The number of phenolic OH excluding ortho intramolecular Hbond substituents is 3. The van der Waals surface area contributed by atoms with Crippen LogP contribution in [-0.2, 0) is 43.1 Å². The van der Waals surface area contributed by atoms with Gasteiger partial charge in [0.05, 0.1) is 22.5 Å². The quantitative estimate of drug-likeness (QED) is 0.0816. The van der Waals surface area contributed by atoms with Gasteiger partial charge in [0.25, 0.3) is 0 Å². The molecule has 6 heterocycles. The maximum absolute atomic E-state index is 15.8. The average Bonchev–Trinajstić information content (AvgIpc) is 0.790. The minimum atomic E-state index is -2.29. The Kier molecular flexibility index (Phi) is 19.8. The normalized spacial score (nSPS) is 26.2. The monoisotopic (exact) mass is 1300 g/mol. The lowest BCUT2D eigenvalue weighted by Crippen LogP contribution is -2.60. The molecule has 1 fully saturated rings. The Labute approximate surface area is 525 Å². The lowest BCUT2D eigenvalue weighted by atomic mass is 9.89. The predicted octanol–water partition coefficient (Wildman–Crippen LogP) is -0.165. The number of nitrogens with two attached hydrogens (primary N) is 2. The maximum atomic E-state index is 15.8. The van der Waals surface area contributed by atoms with Crippen LogP contribution in [0.2, 0.25) is 10.0 Å². The highest BCUT2D eigenvalue weighted by atomic mass is 35.5. The Morgan fingerprint density at radius 1 is 0.659 bits per heavy atom. The van der Waals surface area contributed by atoms with Gasteiger partial charge in [0.15, 0.2) is 17.5 Å². The number of carbonyl (C=O) groups is 8. The molecule has 6 aliphatic rings. The Morgan fingerprint density at radius 3 is 1.84 bits per heavy atom. The van der Waals surface area contributed by atoms with E-state index in [9.17, 15) is 69.9 Å². The number of aromatic hydroxyl groups is 3. The van der Waals surface area contributed by atoms with Crippen molar-refractivity contribution in [1.29, 1.82) is 0 Å². The van der Waals surface area contributed by atoms with Crippen LogP contribution < -0.4 is 62.9 Å². The van der Waals surface area contributed by atoms with Crippen molar-refractivity contribution in [1.82, 2.24) is 37.2 Å². The number of primary amides is 1. The summed E-state index contributed by atoms with van der Waals surface area (Å²) in [7, 11) is 1.48. The van der Waals surface area contributed by atoms with Crippen molar-refractivity contribution < 1.29 is 103 Å². The minimum Gasteiger partial charge on any atom is -0.508 e. The number of benzene rings is 5. The highest BCUT2D eigenvalue weighted by Gasteiger charge is 2.47. The summed E-state index contributed by atoms with van der Waals surface area (Å²) in [6.45, 7) is 3.20. The summed E-state index contributed by atoms with van der Waals surface area (Å²) >= 11 is 13.9. The Balaban J connectivity index is 1.32. The summed E-state index contributed by atoms with van der Waals surface area (Å²) in [4.78, 5) is 116. The van der Waals surface area contributed by atoms with Crippen LogP contribution in [0.15, 0.2) is 78.9 Å². The van der Waals surface area contributed by atoms with Gasteiger partial charge in [-0.15, -0.1) is 0 Å². The van der Waals surface area contributed by atoms with Crippen LogP contribution in [0.5, 0.6) is 46.0 Å². The molecule has 484 valence electrons. The zero-order valence-corrected chi connectivity index (χ0v) is 49.6. The number of phenols is 3. The van der Waals surface area contributed by atoms with E-state index in [-0.39, 0.29) is 45.6 Å². The molecule has 14 atom stereocenters. The molecule has 91 heavy (non-hydrogen) atoms. The molecule has 0 aliphatic carbocycles. The number of fused-ring (bicyclic) bond motifs is 15. The largest absolute Gasteiger partial charge is 0.508 e. The number of hydrogen-bond acceptors (Lipinski definition) is 22. The molecule has 5 aromatic carbocycles. The van der Waals surface area contributed by atoms with Crippen LogP contribution in [0.4, 0.5) is 0 Å². The smallest absolute Gasteiger partial charge is 0.330 e. The molecule has 30 nitrogen and oxygen atoms in total. The molecule has 0 aromatic heterocycles. The molecule has 11 rings (SSSR count). The molecular formula is C59H63Cl2N9O21. The first kappa shape index (κ1) is 66.3. The second-order valence-electron chi connectivity index (χ2n) is 22.2. The number of amides is 7. The van der Waals surface area contributed by atoms with Crippen LogP contribution in [0.1, 0.15) is 84.8 Å². The van der Waals surface area contributed by atoms with Gasteiger partial charge in [-0.1, -0.05) is 55.2 Å². The third-order valence-electron chi connectivity index (χ3n) is 15.4.